The molecule has 0 atom stereocenters. The van der Waals surface area contributed by atoms with Crippen molar-refractivity contribution in [3.63, 3.8) is 0 Å². The molecule has 0 aliphatic rings. The Morgan fingerprint density at radius 1 is 0.973 bits per heavy atom. The maximum absolute atomic E-state index is 13.2. The van der Waals surface area contributed by atoms with E-state index < -0.39 is 10.0 Å². The van der Waals surface area contributed by atoms with Gasteiger partial charge in [-0.1, -0.05) is 13.8 Å². The summed E-state index contributed by atoms with van der Waals surface area (Å²) in [6, 6.07) is 8.28. The van der Waals surface area contributed by atoms with Crippen LogP contribution in [0, 0.1) is 12.8 Å². The molecule has 0 saturated heterocycles. The number of ether oxygens (including phenoxy) is 3. The van der Waals surface area contributed by atoms with Crippen LogP contribution >= 0.6 is 0 Å². The Kier molecular flexibility index (Phi) is 6.96. The van der Waals surface area contributed by atoms with Crippen LogP contribution in [0.15, 0.2) is 46.3 Å². The van der Waals surface area contributed by atoms with Crippen molar-refractivity contribution in [1.29, 1.82) is 0 Å². The smallest absolute Gasteiger partial charge is 0.328 e. The van der Waals surface area contributed by atoms with Gasteiger partial charge in [0, 0.05) is 51.6 Å². The third-order valence-corrected chi connectivity index (χ3v) is 7.12. The van der Waals surface area contributed by atoms with Crippen molar-refractivity contribution in [3.8, 4) is 23.0 Å². The number of anilines is 1. The van der Waals surface area contributed by atoms with Gasteiger partial charge in [0.1, 0.15) is 23.1 Å². The summed E-state index contributed by atoms with van der Waals surface area (Å²) in [6.07, 6.45) is 1.43. The SMILES string of the molecule is COc1cc(OCC(C)C)cc(Oc2cc3c(cc2NS(=O)(=O)c2cn(C)c(C)n2)n(C)c(=O)n3C)c1. The summed E-state index contributed by atoms with van der Waals surface area (Å²) in [5.41, 5.74) is 0.983. The number of nitrogens with zero attached hydrogens (tertiary/aromatic N) is 4. The van der Waals surface area contributed by atoms with Crippen LogP contribution in [0.1, 0.15) is 19.7 Å². The van der Waals surface area contributed by atoms with Gasteiger partial charge in [0.25, 0.3) is 10.0 Å². The van der Waals surface area contributed by atoms with Crippen molar-refractivity contribution in [2.24, 2.45) is 27.1 Å². The van der Waals surface area contributed by atoms with E-state index in [1.54, 1.807) is 63.0 Å². The summed E-state index contributed by atoms with van der Waals surface area (Å²) < 4.78 is 51.0. The minimum Gasteiger partial charge on any atom is -0.496 e. The van der Waals surface area contributed by atoms with Crippen LogP contribution in [0.5, 0.6) is 23.0 Å². The number of nitrogens with one attached hydrogen (secondary N) is 1. The van der Waals surface area contributed by atoms with E-state index in [0.29, 0.717) is 46.6 Å². The molecule has 0 aliphatic carbocycles. The first-order valence-electron chi connectivity index (χ1n) is 11.6. The Balaban J connectivity index is 1.82. The highest BCUT2D eigenvalue weighted by molar-refractivity contribution is 7.92. The van der Waals surface area contributed by atoms with Crippen molar-refractivity contribution in [2.75, 3.05) is 18.4 Å². The largest absolute Gasteiger partial charge is 0.496 e. The molecule has 12 heteroatoms. The molecule has 0 radical (unpaired) electrons. The molecule has 0 bridgehead atoms. The fraction of sp³-hybridized carbons (Fsp3) is 0.360. The monoisotopic (exact) mass is 529 g/mol. The maximum atomic E-state index is 13.2. The van der Waals surface area contributed by atoms with Gasteiger partial charge in [-0.2, -0.15) is 8.42 Å². The van der Waals surface area contributed by atoms with Gasteiger partial charge in [-0.3, -0.25) is 13.9 Å². The molecule has 37 heavy (non-hydrogen) atoms. The zero-order chi connectivity index (χ0) is 27.1. The number of sulfonamides is 1. The summed E-state index contributed by atoms with van der Waals surface area (Å²) in [6.45, 7) is 6.29. The summed E-state index contributed by atoms with van der Waals surface area (Å²) in [4.78, 5) is 16.7. The molecule has 4 aromatic rings. The molecule has 2 aromatic carbocycles. The predicted molar refractivity (Wildman–Crippen MR) is 140 cm³/mol. The number of fused-ring (bicyclic) bond motifs is 1. The lowest BCUT2D eigenvalue weighted by molar-refractivity contribution is 0.268. The highest BCUT2D eigenvalue weighted by Crippen LogP contribution is 2.37. The number of aromatic nitrogens is 4. The van der Waals surface area contributed by atoms with Crippen LogP contribution in [0.4, 0.5) is 5.69 Å². The van der Waals surface area contributed by atoms with Crippen molar-refractivity contribution in [3.05, 3.63) is 52.8 Å². The maximum Gasteiger partial charge on any atom is 0.328 e. The summed E-state index contributed by atoms with van der Waals surface area (Å²) in [7, 11) is 2.44. The Morgan fingerprint density at radius 2 is 1.59 bits per heavy atom. The van der Waals surface area contributed by atoms with E-state index in [1.165, 1.54) is 22.4 Å². The molecule has 0 saturated carbocycles. The fourth-order valence-electron chi connectivity index (χ4n) is 3.74. The molecule has 0 fully saturated rings. The van der Waals surface area contributed by atoms with Gasteiger partial charge >= 0.3 is 5.69 Å². The van der Waals surface area contributed by atoms with Crippen LogP contribution in [0.25, 0.3) is 11.0 Å². The second-order valence-electron chi connectivity index (χ2n) is 9.23. The molecule has 0 amide bonds. The lowest BCUT2D eigenvalue weighted by atomic mass is 10.2. The summed E-state index contributed by atoms with van der Waals surface area (Å²) in [5, 5.41) is -0.133. The molecule has 0 spiro atoms. The van der Waals surface area contributed by atoms with E-state index in [1.807, 2.05) is 13.8 Å². The number of rotatable bonds is 9. The predicted octanol–water partition coefficient (Wildman–Crippen LogP) is 3.56. The Bertz CT molecular complexity index is 1610. The highest BCUT2D eigenvalue weighted by Gasteiger charge is 2.23. The van der Waals surface area contributed by atoms with Gasteiger partial charge in [0.15, 0.2) is 10.8 Å². The number of imidazole rings is 2. The van der Waals surface area contributed by atoms with E-state index in [-0.39, 0.29) is 22.2 Å². The molecule has 2 aromatic heterocycles. The number of methoxy groups -OCH3 is 1. The average molecular weight is 530 g/mol. The molecule has 1 N–H and O–H groups in total. The van der Waals surface area contributed by atoms with Gasteiger partial charge in [0.2, 0.25) is 0 Å². The first kappa shape index (κ1) is 26.1. The lowest BCUT2D eigenvalue weighted by Gasteiger charge is -2.16. The zero-order valence-corrected chi connectivity index (χ0v) is 22.7. The highest BCUT2D eigenvalue weighted by atomic mass is 32.2. The van der Waals surface area contributed by atoms with Crippen LogP contribution in [0.3, 0.4) is 0 Å². The molecule has 198 valence electrons. The first-order chi connectivity index (χ1) is 17.4. The molecule has 11 nitrogen and oxygen atoms in total. The van der Waals surface area contributed by atoms with Crippen LogP contribution < -0.4 is 24.6 Å². The molecule has 0 unspecified atom stereocenters. The van der Waals surface area contributed by atoms with E-state index >= 15 is 0 Å². The van der Waals surface area contributed by atoms with Gasteiger partial charge < -0.3 is 18.8 Å². The normalized spacial score (nSPS) is 11.8. The van der Waals surface area contributed by atoms with Crippen LogP contribution in [-0.4, -0.2) is 40.8 Å². The number of hydrogen-bond acceptors (Lipinski definition) is 7. The lowest BCUT2D eigenvalue weighted by Crippen LogP contribution is -2.19. The van der Waals surface area contributed by atoms with Gasteiger partial charge in [-0.15, -0.1) is 0 Å². The Hall–Kier alpha value is -3.93. The van der Waals surface area contributed by atoms with Crippen molar-refractivity contribution >= 4 is 26.7 Å². The van der Waals surface area contributed by atoms with E-state index in [2.05, 4.69) is 9.71 Å². The second-order valence-corrected chi connectivity index (χ2v) is 10.9. The molecule has 4 rings (SSSR count). The topological polar surface area (TPSA) is 119 Å². The quantitative estimate of drug-likeness (QED) is 0.352. The van der Waals surface area contributed by atoms with Crippen molar-refractivity contribution in [2.45, 2.75) is 25.8 Å². The van der Waals surface area contributed by atoms with Crippen LogP contribution in [-0.2, 0) is 31.2 Å². The van der Waals surface area contributed by atoms with Gasteiger partial charge in [-0.25, -0.2) is 9.78 Å². The Morgan fingerprint density at radius 3 is 2.19 bits per heavy atom. The molecular weight excluding hydrogens is 498 g/mol. The first-order valence-corrected chi connectivity index (χ1v) is 13.1. The Labute approximate surface area is 215 Å². The molecule has 2 heterocycles. The van der Waals surface area contributed by atoms with Crippen molar-refractivity contribution < 1.29 is 22.6 Å². The second kappa shape index (κ2) is 9.85. The van der Waals surface area contributed by atoms with E-state index in [4.69, 9.17) is 14.2 Å². The standard InChI is InChI=1S/C25H31N5O6S/c1-15(2)14-35-18-8-17(34-7)9-19(10-18)36-23-12-22-21(29(5)25(31)30(22)6)11-20(23)27-37(32,33)24-13-28(4)16(3)26-24/h8-13,15,27H,14H2,1-7H3. The third-order valence-electron chi connectivity index (χ3n) is 5.88. The van der Waals surface area contributed by atoms with Gasteiger partial charge in [-0.05, 0) is 18.9 Å². The average Bonchev–Trinajstić information content (AvgIpc) is 3.29. The van der Waals surface area contributed by atoms with E-state index in [0.717, 1.165) is 0 Å². The molecular formula is C25H31N5O6S. The third kappa shape index (κ3) is 5.29. The van der Waals surface area contributed by atoms with Crippen molar-refractivity contribution in [1.82, 2.24) is 18.7 Å². The number of hydrogen-bond donors (Lipinski definition) is 1. The fourth-order valence-corrected chi connectivity index (χ4v) is 4.84. The number of benzene rings is 2. The number of aryl methyl sites for hydroxylation is 4. The summed E-state index contributed by atoms with van der Waals surface area (Å²) >= 11 is 0. The minimum absolute atomic E-state index is 0.133. The minimum atomic E-state index is -4.06. The van der Waals surface area contributed by atoms with E-state index in [9.17, 15) is 13.2 Å². The summed E-state index contributed by atoms with van der Waals surface area (Å²) in [5.74, 6) is 2.47. The zero-order valence-electron chi connectivity index (χ0n) is 21.9. The molecule has 0 aliphatic heterocycles. The van der Waals surface area contributed by atoms with Crippen LogP contribution in [0.2, 0.25) is 0 Å². The van der Waals surface area contributed by atoms with Gasteiger partial charge in [0.05, 0.1) is 30.4 Å².